The summed E-state index contributed by atoms with van der Waals surface area (Å²) >= 11 is 5.93. The average molecular weight is 280 g/mol. The van der Waals surface area contributed by atoms with E-state index < -0.39 is 12.0 Å². The molecule has 1 aliphatic heterocycles. The summed E-state index contributed by atoms with van der Waals surface area (Å²) in [4.78, 5) is 12.3. The van der Waals surface area contributed by atoms with Crippen LogP contribution in [0.3, 0.4) is 0 Å². The Hall–Kier alpha value is -1.57. The van der Waals surface area contributed by atoms with Crippen molar-refractivity contribution >= 4 is 17.4 Å². The van der Waals surface area contributed by atoms with Crippen LogP contribution in [0.1, 0.15) is 24.3 Å². The highest BCUT2D eigenvalue weighted by Crippen LogP contribution is 2.32. The van der Waals surface area contributed by atoms with Crippen molar-refractivity contribution in [3.63, 3.8) is 0 Å². The number of carbonyl (C=O) groups is 1. The summed E-state index contributed by atoms with van der Waals surface area (Å²) in [6.45, 7) is 0.571. The first-order chi connectivity index (χ1) is 9.17. The predicted octanol–water partition coefficient (Wildman–Crippen LogP) is 2.70. The normalized spacial score (nSPS) is 19.7. The molecule has 0 saturated carbocycles. The monoisotopic (exact) mass is 279 g/mol. The van der Waals surface area contributed by atoms with Gasteiger partial charge in [-0.15, -0.1) is 0 Å². The van der Waals surface area contributed by atoms with Gasteiger partial charge in [0, 0.05) is 17.2 Å². The molecule has 1 aliphatic rings. The van der Waals surface area contributed by atoms with E-state index in [1.807, 2.05) is 6.07 Å². The van der Waals surface area contributed by atoms with Gasteiger partial charge >= 0.3 is 0 Å². The van der Waals surface area contributed by atoms with Crippen LogP contribution in [0.15, 0.2) is 18.2 Å². The molecule has 5 heteroatoms. The van der Waals surface area contributed by atoms with Gasteiger partial charge in [-0.25, -0.2) is 0 Å². The number of halogens is 1. The van der Waals surface area contributed by atoms with Crippen molar-refractivity contribution in [3.8, 4) is 11.8 Å². The minimum absolute atomic E-state index is 0.222. The van der Waals surface area contributed by atoms with Gasteiger partial charge in [0.25, 0.3) is 0 Å². The van der Waals surface area contributed by atoms with Crippen molar-refractivity contribution in [1.82, 2.24) is 0 Å². The molecule has 1 fully saturated rings. The first-order valence-electron chi connectivity index (χ1n) is 6.05. The lowest BCUT2D eigenvalue weighted by atomic mass is 9.91. The molecule has 2 atom stereocenters. The zero-order chi connectivity index (χ0) is 13.8. The third-order valence-electron chi connectivity index (χ3n) is 3.16. The molecule has 1 saturated heterocycles. The van der Waals surface area contributed by atoms with Crippen molar-refractivity contribution in [3.05, 3.63) is 28.8 Å². The molecular weight excluding hydrogens is 266 g/mol. The number of benzene rings is 1. The third-order valence-corrected chi connectivity index (χ3v) is 3.40. The summed E-state index contributed by atoms with van der Waals surface area (Å²) in [5.74, 6) is -0.639. The number of ether oxygens (including phenoxy) is 2. The molecule has 1 aromatic rings. The van der Waals surface area contributed by atoms with Crippen LogP contribution in [0.4, 0.5) is 0 Å². The second-order valence-electron chi connectivity index (χ2n) is 4.35. The molecule has 100 valence electrons. The first kappa shape index (κ1) is 13.9. The SMILES string of the molecule is COc1ccc(Cl)cc1C(C#N)C(=O)C1CCCO1. The number of nitrogens with zero attached hydrogens (tertiary/aromatic N) is 1. The Morgan fingerprint density at radius 1 is 1.63 bits per heavy atom. The van der Waals surface area contributed by atoms with Crippen molar-refractivity contribution in [2.45, 2.75) is 24.9 Å². The van der Waals surface area contributed by atoms with Gasteiger partial charge in [0.05, 0.1) is 13.2 Å². The first-order valence-corrected chi connectivity index (χ1v) is 6.43. The molecule has 4 nitrogen and oxygen atoms in total. The Kier molecular flexibility index (Phi) is 4.41. The summed E-state index contributed by atoms with van der Waals surface area (Å²) in [6, 6.07) is 6.95. The Balaban J connectivity index is 2.33. The molecule has 2 rings (SSSR count). The van der Waals surface area contributed by atoms with Gasteiger partial charge in [-0.05, 0) is 31.0 Å². The number of ketones is 1. The Morgan fingerprint density at radius 3 is 3.00 bits per heavy atom. The van der Waals surface area contributed by atoms with Crippen LogP contribution >= 0.6 is 11.6 Å². The summed E-state index contributed by atoms with van der Waals surface area (Å²) < 4.78 is 10.5. The second-order valence-corrected chi connectivity index (χ2v) is 4.79. The Morgan fingerprint density at radius 2 is 2.42 bits per heavy atom. The number of Topliss-reactive ketones (excluding diaryl/α,β-unsaturated/α-hetero) is 1. The van der Waals surface area contributed by atoms with E-state index in [2.05, 4.69) is 0 Å². The zero-order valence-corrected chi connectivity index (χ0v) is 11.3. The topological polar surface area (TPSA) is 59.3 Å². The van der Waals surface area contributed by atoms with Crippen LogP contribution in [0.2, 0.25) is 5.02 Å². The number of nitriles is 1. The lowest BCUT2D eigenvalue weighted by Gasteiger charge is -2.16. The van der Waals surface area contributed by atoms with Gasteiger partial charge in [0.15, 0.2) is 5.78 Å². The van der Waals surface area contributed by atoms with E-state index in [9.17, 15) is 10.1 Å². The van der Waals surface area contributed by atoms with Gasteiger partial charge in [0.2, 0.25) is 0 Å². The predicted molar refractivity (Wildman–Crippen MR) is 70.3 cm³/mol. The van der Waals surface area contributed by atoms with Crippen molar-refractivity contribution in [2.75, 3.05) is 13.7 Å². The maximum Gasteiger partial charge on any atom is 0.183 e. The highest BCUT2D eigenvalue weighted by atomic mass is 35.5. The van der Waals surface area contributed by atoms with E-state index in [0.717, 1.165) is 6.42 Å². The fraction of sp³-hybridized carbons (Fsp3) is 0.429. The van der Waals surface area contributed by atoms with E-state index in [-0.39, 0.29) is 5.78 Å². The minimum Gasteiger partial charge on any atom is -0.496 e. The zero-order valence-electron chi connectivity index (χ0n) is 10.6. The van der Waals surface area contributed by atoms with Crippen LogP contribution in [-0.2, 0) is 9.53 Å². The molecule has 0 amide bonds. The molecule has 0 aliphatic carbocycles. The summed E-state index contributed by atoms with van der Waals surface area (Å²) in [5.41, 5.74) is 0.498. The molecule has 19 heavy (non-hydrogen) atoms. The molecule has 2 unspecified atom stereocenters. The minimum atomic E-state index is -0.906. The fourth-order valence-corrected chi connectivity index (χ4v) is 2.39. The maximum absolute atomic E-state index is 12.3. The summed E-state index contributed by atoms with van der Waals surface area (Å²) in [5, 5.41) is 9.76. The van der Waals surface area contributed by atoms with E-state index in [4.69, 9.17) is 21.1 Å². The molecule has 0 bridgehead atoms. The summed E-state index contributed by atoms with van der Waals surface area (Å²) in [7, 11) is 1.50. The third kappa shape index (κ3) is 2.89. The van der Waals surface area contributed by atoms with Crippen molar-refractivity contribution in [2.24, 2.45) is 0 Å². The highest BCUT2D eigenvalue weighted by molar-refractivity contribution is 6.30. The van der Waals surface area contributed by atoms with Crippen LogP contribution in [-0.4, -0.2) is 25.6 Å². The van der Waals surface area contributed by atoms with Crippen molar-refractivity contribution in [1.29, 1.82) is 5.26 Å². The molecule has 1 aromatic carbocycles. The highest BCUT2D eigenvalue weighted by Gasteiger charge is 2.33. The number of carbonyl (C=O) groups excluding carboxylic acids is 1. The van der Waals surface area contributed by atoms with Crippen LogP contribution in [0.5, 0.6) is 5.75 Å². The number of methoxy groups -OCH3 is 1. The molecule has 1 heterocycles. The van der Waals surface area contributed by atoms with E-state index >= 15 is 0 Å². The molecule has 0 N–H and O–H groups in total. The standard InChI is InChI=1S/C14H14ClNO3/c1-18-12-5-4-9(15)7-10(12)11(8-16)14(17)13-3-2-6-19-13/h4-5,7,11,13H,2-3,6H2,1H3. The maximum atomic E-state index is 12.3. The molecule has 0 radical (unpaired) electrons. The molecular formula is C14H14ClNO3. The lowest BCUT2D eigenvalue weighted by Crippen LogP contribution is -2.25. The van der Waals surface area contributed by atoms with Crippen LogP contribution < -0.4 is 4.74 Å². The van der Waals surface area contributed by atoms with Crippen LogP contribution in [0.25, 0.3) is 0 Å². The number of rotatable bonds is 4. The molecule has 0 aromatic heterocycles. The number of hydrogen-bond donors (Lipinski definition) is 0. The Bertz CT molecular complexity index is 518. The smallest absolute Gasteiger partial charge is 0.183 e. The summed E-state index contributed by atoms with van der Waals surface area (Å²) in [6.07, 6.45) is 1.02. The lowest BCUT2D eigenvalue weighted by molar-refractivity contribution is -0.128. The van der Waals surface area contributed by atoms with Gasteiger partial charge in [0.1, 0.15) is 17.8 Å². The Labute approximate surface area is 116 Å². The second kappa shape index (κ2) is 6.05. The van der Waals surface area contributed by atoms with Gasteiger partial charge in [-0.3, -0.25) is 4.79 Å². The molecule has 0 spiro atoms. The van der Waals surface area contributed by atoms with Gasteiger partial charge in [-0.2, -0.15) is 5.26 Å². The van der Waals surface area contributed by atoms with E-state index in [0.29, 0.717) is 29.4 Å². The van der Waals surface area contributed by atoms with Crippen LogP contribution in [0, 0.1) is 11.3 Å². The number of hydrogen-bond acceptors (Lipinski definition) is 4. The average Bonchev–Trinajstić information content (AvgIpc) is 2.93. The van der Waals surface area contributed by atoms with E-state index in [1.165, 1.54) is 7.11 Å². The quantitative estimate of drug-likeness (QED) is 0.850. The van der Waals surface area contributed by atoms with Gasteiger partial charge < -0.3 is 9.47 Å². The largest absolute Gasteiger partial charge is 0.496 e. The van der Waals surface area contributed by atoms with Gasteiger partial charge in [-0.1, -0.05) is 11.6 Å². The van der Waals surface area contributed by atoms with Crippen molar-refractivity contribution < 1.29 is 14.3 Å². The fourth-order valence-electron chi connectivity index (χ4n) is 2.21. The van der Waals surface area contributed by atoms with E-state index in [1.54, 1.807) is 18.2 Å².